The summed E-state index contributed by atoms with van der Waals surface area (Å²) in [4.78, 5) is 11.5. The Labute approximate surface area is 64.7 Å². The van der Waals surface area contributed by atoms with Crippen molar-refractivity contribution in [1.82, 2.24) is 4.90 Å². The number of rotatable bonds is 2. The van der Waals surface area contributed by atoms with Crippen LogP contribution in [0.1, 0.15) is 6.92 Å². The van der Waals surface area contributed by atoms with Crippen LogP contribution >= 0.6 is 23.2 Å². The van der Waals surface area contributed by atoms with Gasteiger partial charge in [-0.2, -0.15) is 0 Å². The fraction of sp³-hybridized carbons (Fsp3) is 0.800. The van der Waals surface area contributed by atoms with Gasteiger partial charge in [-0.05, 0) is 0 Å². The van der Waals surface area contributed by atoms with Gasteiger partial charge in [0, 0.05) is 14.0 Å². The highest BCUT2D eigenvalue weighted by atomic mass is 35.5. The molecule has 0 atom stereocenters. The van der Waals surface area contributed by atoms with E-state index >= 15 is 0 Å². The summed E-state index contributed by atoms with van der Waals surface area (Å²) in [6, 6.07) is 0. The van der Waals surface area contributed by atoms with Crippen LogP contribution in [0.25, 0.3) is 0 Å². The maximum absolute atomic E-state index is 10.5. The molecule has 0 saturated carbocycles. The third-order valence-corrected chi connectivity index (χ3v) is 1.23. The Hall–Kier alpha value is 0.0500. The molecule has 0 spiro atoms. The Balaban J connectivity index is 3.50. The predicted octanol–water partition coefficient (Wildman–Crippen LogP) is 1.27. The SMILES string of the molecule is CC(=O)N(C)CC(Cl)Cl. The van der Waals surface area contributed by atoms with Crippen molar-refractivity contribution in [3.8, 4) is 0 Å². The normalized spacial score (nSPS) is 9.89. The first-order valence-electron chi connectivity index (χ1n) is 2.54. The molecule has 2 nitrogen and oxygen atoms in total. The van der Waals surface area contributed by atoms with Crippen LogP contribution in [0.15, 0.2) is 0 Å². The quantitative estimate of drug-likeness (QED) is 0.571. The fourth-order valence-corrected chi connectivity index (χ4v) is 0.750. The second kappa shape index (κ2) is 3.96. The lowest BCUT2D eigenvalue weighted by molar-refractivity contribution is -0.127. The number of alkyl halides is 2. The number of halogens is 2. The summed E-state index contributed by atoms with van der Waals surface area (Å²) in [5.74, 6) is -0.0266. The molecule has 1 amide bonds. The average molecular weight is 170 g/mol. The first kappa shape index (κ1) is 9.05. The zero-order chi connectivity index (χ0) is 7.44. The molecule has 0 radical (unpaired) electrons. The molecule has 0 aliphatic heterocycles. The van der Waals surface area contributed by atoms with E-state index in [0.29, 0.717) is 6.54 Å². The zero-order valence-electron chi connectivity index (χ0n) is 5.40. The van der Waals surface area contributed by atoms with Crippen LogP contribution in [0, 0.1) is 0 Å². The van der Waals surface area contributed by atoms with E-state index in [4.69, 9.17) is 23.2 Å². The number of carbonyl (C=O) groups is 1. The summed E-state index contributed by atoms with van der Waals surface area (Å²) in [5, 5.41) is 0. The van der Waals surface area contributed by atoms with E-state index in [2.05, 4.69) is 0 Å². The second-order valence-electron chi connectivity index (χ2n) is 1.79. The lowest BCUT2D eigenvalue weighted by Crippen LogP contribution is -2.28. The van der Waals surface area contributed by atoms with Gasteiger partial charge in [0.2, 0.25) is 5.91 Å². The Bertz CT molecular complexity index is 105. The van der Waals surface area contributed by atoms with Gasteiger partial charge < -0.3 is 4.90 Å². The molecule has 0 bridgehead atoms. The smallest absolute Gasteiger partial charge is 0.219 e. The third-order valence-electron chi connectivity index (χ3n) is 0.949. The second-order valence-corrected chi connectivity index (χ2v) is 3.07. The number of hydrogen-bond acceptors (Lipinski definition) is 1. The minimum absolute atomic E-state index is 0.0266. The molecule has 0 fully saturated rings. The summed E-state index contributed by atoms with van der Waals surface area (Å²) in [5.41, 5.74) is 0. The standard InChI is InChI=1S/C5H9Cl2NO/c1-4(9)8(2)3-5(6)7/h5H,3H2,1-2H3. The highest BCUT2D eigenvalue weighted by molar-refractivity contribution is 6.44. The van der Waals surface area contributed by atoms with Crippen LogP contribution in [-0.4, -0.2) is 29.2 Å². The molecule has 0 rings (SSSR count). The number of nitrogens with zero attached hydrogens (tertiary/aromatic N) is 1. The minimum atomic E-state index is -0.487. The number of amides is 1. The van der Waals surface area contributed by atoms with Crippen molar-refractivity contribution in [3.63, 3.8) is 0 Å². The Morgan fingerprint density at radius 2 is 2.11 bits per heavy atom. The minimum Gasteiger partial charge on any atom is -0.343 e. The van der Waals surface area contributed by atoms with Gasteiger partial charge in [-0.3, -0.25) is 4.79 Å². The van der Waals surface area contributed by atoms with E-state index in [1.165, 1.54) is 11.8 Å². The first-order chi connectivity index (χ1) is 4.04. The predicted molar refractivity (Wildman–Crippen MR) is 38.8 cm³/mol. The van der Waals surface area contributed by atoms with Gasteiger partial charge in [0.15, 0.2) is 0 Å². The van der Waals surface area contributed by atoms with Gasteiger partial charge in [0.1, 0.15) is 4.84 Å². The van der Waals surface area contributed by atoms with E-state index in [-0.39, 0.29) is 5.91 Å². The summed E-state index contributed by atoms with van der Waals surface area (Å²) < 4.78 is 0. The monoisotopic (exact) mass is 169 g/mol. The molecule has 0 heterocycles. The van der Waals surface area contributed by atoms with Crippen molar-refractivity contribution in [2.45, 2.75) is 11.8 Å². The van der Waals surface area contributed by atoms with Gasteiger partial charge >= 0.3 is 0 Å². The van der Waals surface area contributed by atoms with Crippen molar-refractivity contribution >= 4 is 29.1 Å². The summed E-state index contributed by atoms with van der Waals surface area (Å²) in [7, 11) is 1.65. The van der Waals surface area contributed by atoms with Crippen molar-refractivity contribution in [2.24, 2.45) is 0 Å². The molecule has 0 aromatic heterocycles. The van der Waals surface area contributed by atoms with E-state index in [1.807, 2.05) is 0 Å². The Morgan fingerprint density at radius 1 is 1.67 bits per heavy atom. The van der Waals surface area contributed by atoms with Crippen LogP contribution in [0.2, 0.25) is 0 Å². The molecule has 9 heavy (non-hydrogen) atoms. The van der Waals surface area contributed by atoms with Crippen molar-refractivity contribution in [2.75, 3.05) is 13.6 Å². The molecule has 0 aromatic carbocycles. The van der Waals surface area contributed by atoms with Crippen molar-refractivity contribution in [3.05, 3.63) is 0 Å². The van der Waals surface area contributed by atoms with Gasteiger partial charge in [0.25, 0.3) is 0 Å². The van der Waals surface area contributed by atoms with Crippen LogP contribution in [0.5, 0.6) is 0 Å². The molecule has 54 valence electrons. The summed E-state index contributed by atoms with van der Waals surface area (Å²) in [6.45, 7) is 1.86. The summed E-state index contributed by atoms with van der Waals surface area (Å²) in [6.07, 6.45) is 0. The fourth-order valence-electron chi connectivity index (χ4n) is 0.336. The lowest BCUT2D eigenvalue weighted by Gasteiger charge is -2.14. The highest BCUT2D eigenvalue weighted by Gasteiger charge is 2.05. The Kier molecular flexibility index (Phi) is 3.98. The van der Waals surface area contributed by atoms with Crippen LogP contribution in [0.4, 0.5) is 0 Å². The van der Waals surface area contributed by atoms with Gasteiger partial charge in [-0.25, -0.2) is 0 Å². The Morgan fingerprint density at radius 3 is 2.22 bits per heavy atom. The van der Waals surface area contributed by atoms with Gasteiger partial charge in [0.05, 0.1) is 6.54 Å². The molecule has 0 N–H and O–H groups in total. The molecular formula is C5H9Cl2NO. The maximum Gasteiger partial charge on any atom is 0.219 e. The molecular weight excluding hydrogens is 161 g/mol. The topological polar surface area (TPSA) is 20.3 Å². The molecule has 0 unspecified atom stereocenters. The number of carbonyl (C=O) groups excluding carboxylic acids is 1. The van der Waals surface area contributed by atoms with Crippen LogP contribution < -0.4 is 0 Å². The van der Waals surface area contributed by atoms with Crippen molar-refractivity contribution < 1.29 is 4.79 Å². The maximum atomic E-state index is 10.5. The third kappa shape index (κ3) is 4.55. The van der Waals surface area contributed by atoms with E-state index in [1.54, 1.807) is 7.05 Å². The van der Waals surface area contributed by atoms with E-state index in [9.17, 15) is 4.79 Å². The van der Waals surface area contributed by atoms with E-state index in [0.717, 1.165) is 0 Å². The molecule has 0 saturated heterocycles. The van der Waals surface area contributed by atoms with Crippen molar-refractivity contribution in [1.29, 1.82) is 0 Å². The molecule has 4 heteroatoms. The van der Waals surface area contributed by atoms with Crippen LogP contribution in [0.3, 0.4) is 0 Å². The zero-order valence-corrected chi connectivity index (χ0v) is 6.91. The molecule has 0 aliphatic rings. The lowest BCUT2D eigenvalue weighted by atomic mass is 10.5. The number of hydrogen-bond donors (Lipinski definition) is 0. The molecule has 0 aliphatic carbocycles. The van der Waals surface area contributed by atoms with Gasteiger partial charge in [-0.1, -0.05) is 0 Å². The van der Waals surface area contributed by atoms with Crippen LogP contribution in [-0.2, 0) is 4.79 Å². The average Bonchev–Trinajstić information content (AvgIpc) is 1.63. The van der Waals surface area contributed by atoms with E-state index < -0.39 is 4.84 Å². The highest BCUT2D eigenvalue weighted by Crippen LogP contribution is 2.02. The van der Waals surface area contributed by atoms with Gasteiger partial charge in [-0.15, -0.1) is 23.2 Å². The largest absolute Gasteiger partial charge is 0.343 e. The first-order valence-corrected chi connectivity index (χ1v) is 3.41. The summed E-state index contributed by atoms with van der Waals surface area (Å²) >= 11 is 10.8. The molecule has 0 aromatic rings.